The van der Waals surface area contributed by atoms with Crippen LogP contribution >= 0.6 is 11.3 Å². The SMILES string of the molecule is CCCc1nnc(N2CC[C@](C)(O)[C@H](C)C2)s1. The van der Waals surface area contributed by atoms with Crippen LogP contribution in [0.3, 0.4) is 0 Å². The number of rotatable bonds is 3. The molecule has 1 aromatic heterocycles. The topological polar surface area (TPSA) is 49.2 Å². The van der Waals surface area contributed by atoms with E-state index in [9.17, 15) is 5.11 Å². The molecule has 0 unspecified atom stereocenters. The zero-order valence-corrected chi connectivity index (χ0v) is 11.6. The van der Waals surface area contributed by atoms with Crippen LogP contribution in [-0.2, 0) is 6.42 Å². The molecule has 2 heterocycles. The summed E-state index contributed by atoms with van der Waals surface area (Å²) in [4.78, 5) is 2.25. The molecular formula is C12H21N3OS. The third-order valence-corrected chi connectivity index (χ3v) is 4.68. The molecular weight excluding hydrogens is 234 g/mol. The van der Waals surface area contributed by atoms with Crippen LogP contribution in [0, 0.1) is 5.92 Å². The van der Waals surface area contributed by atoms with Crippen molar-refractivity contribution in [1.29, 1.82) is 0 Å². The maximum atomic E-state index is 10.1. The van der Waals surface area contributed by atoms with Crippen LogP contribution in [-0.4, -0.2) is 34.0 Å². The maximum Gasteiger partial charge on any atom is 0.208 e. The molecule has 0 spiro atoms. The Morgan fingerprint density at radius 1 is 1.53 bits per heavy atom. The summed E-state index contributed by atoms with van der Waals surface area (Å²) in [6, 6.07) is 0. The second-order valence-corrected chi connectivity index (χ2v) is 6.22. The molecule has 0 aliphatic carbocycles. The van der Waals surface area contributed by atoms with Crippen molar-refractivity contribution in [1.82, 2.24) is 10.2 Å². The molecule has 0 aromatic carbocycles. The van der Waals surface area contributed by atoms with Gasteiger partial charge in [-0.05, 0) is 19.8 Å². The van der Waals surface area contributed by atoms with Crippen LogP contribution in [0.25, 0.3) is 0 Å². The minimum atomic E-state index is -0.534. The Morgan fingerprint density at radius 3 is 2.94 bits per heavy atom. The van der Waals surface area contributed by atoms with Crippen molar-refractivity contribution in [3.05, 3.63) is 5.01 Å². The Labute approximate surface area is 107 Å². The number of hydrogen-bond acceptors (Lipinski definition) is 5. The summed E-state index contributed by atoms with van der Waals surface area (Å²) in [7, 11) is 0. The monoisotopic (exact) mass is 255 g/mol. The van der Waals surface area contributed by atoms with Crippen molar-refractivity contribution in [3.8, 4) is 0 Å². The first-order valence-corrected chi connectivity index (χ1v) is 7.14. The molecule has 1 aliphatic heterocycles. The highest BCUT2D eigenvalue weighted by atomic mass is 32.1. The van der Waals surface area contributed by atoms with Crippen LogP contribution in [0.15, 0.2) is 0 Å². The number of aryl methyl sites for hydroxylation is 1. The van der Waals surface area contributed by atoms with Gasteiger partial charge in [0.25, 0.3) is 0 Å². The molecule has 2 rings (SSSR count). The minimum Gasteiger partial charge on any atom is -0.390 e. The second-order valence-electron chi connectivity index (χ2n) is 5.18. The first-order valence-electron chi connectivity index (χ1n) is 6.32. The molecule has 1 saturated heterocycles. The fourth-order valence-corrected chi connectivity index (χ4v) is 3.06. The molecule has 1 N–H and O–H groups in total. The fourth-order valence-electron chi connectivity index (χ4n) is 2.09. The summed E-state index contributed by atoms with van der Waals surface area (Å²) in [6.07, 6.45) is 2.93. The molecule has 1 fully saturated rings. The van der Waals surface area contributed by atoms with Crippen LogP contribution < -0.4 is 4.90 Å². The molecule has 0 saturated carbocycles. The Hall–Kier alpha value is -0.680. The Bertz CT molecular complexity index is 378. The van der Waals surface area contributed by atoms with Gasteiger partial charge in [0.05, 0.1) is 5.60 Å². The summed E-state index contributed by atoms with van der Waals surface area (Å²) in [5, 5.41) is 20.7. The van der Waals surface area contributed by atoms with Gasteiger partial charge in [0.1, 0.15) is 5.01 Å². The third kappa shape index (κ3) is 2.77. The van der Waals surface area contributed by atoms with Gasteiger partial charge >= 0.3 is 0 Å². The molecule has 4 nitrogen and oxygen atoms in total. The first kappa shape index (κ1) is 12.8. The third-order valence-electron chi connectivity index (χ3n) is 3.63. The predicted molar refractivity (Wildman–Crippen MR) is 70.5 cm³/mol. The van der Waals surface area contributed by atoms with Crippen LogP contribution in [0.2, 0.25) is 0 Å². The van der Waals surface area contributed by atoms with E-state index < -0.39 is 5.60 Å². The van der Waals surface area contributed by atoms with E-state index in [1.807, 2.05) is 6.92 Å². The summed E-state index contributed by atoms with van der Waals surface area (Å²) in [6.45, 7) is 7.92. The minimum absolute atomic E-state index is 0.273. The van der Waals surface area contributed by atoms with Crippen molar-refractivity contribution < 1.29 is 5.11 Å². The zero-order valence-electron chi connectivity index (χ0n) is 10.8. The highest BCUT2D eigenvalue weighted by Gasteiger charge is 2.35. The predicted octanol–water partition coefficient (Wildman–Crippen LogP) is 2.09. The van der Waals surface area contributed by atoms with Crippen LogP contribution in [0.5, 0.6) is 0 Å². The molecule has 0 radical (unpaired) electrons. The normalized spacial score (nSPS) is 29.6. The summed E-state index contributed by atoms with van der Waals surface area (Å²) in [5.41, 5.74) is -0.534. The highest BCUT2D eigenvalue weighted by molar-refractivity contribution is 7.15. The summed E-state index contributed by atoms with van der Waals surface area (Å²) in [5.74, 6) is 0.273. The smallest absolute Gasteiger partial charge is 0.208 e. The van der Waals surface area contributed by atoms with Crippen LogP contribution in [0.1, 0.15) is 38.6 Å². The lowest BCUT2D eigenvalue weighted by atomic mass is 9.84. The molecule has 0 bridgehead atoms. The number of aliphatic hydroxyl groups is 1. The Balaban J connectivity index is 2.03. The van der Waals surface area contributed by atoms with Crippen molar-refractivity contribution >= 4 is 16.5 Å². The zero-order chi connectivity index (χ0) is 12.5. The number of piperidine rings is 1. The van der Waals surface area contributed by atoms with Gasteiger partial charge < -0.3 is 10.0 Å². The molecule has 5 heteroatoms. The Kier molecular flexibility index (Phi) is 3.68. The van der Waals surface area contributed by atoms with Crippen LogP contribution in [0.4, 0.5) is 5.13 Å². The lowest BCUT2D eigenvalue weighted by Crippen LogP contribution is -2.49. The summed E-state index contributed by atoms with van der Waals surface area (Å²) >= 11 is 1.69. The standard InChI is InChI=1S/C12H21N3OS/c1-4-5-10-13-14-11(17-10)15-7-6-12(3,16)9(2)8-15/h9,16H,4-8H2,1-3H3/t9-,12+/m1/s1. The van der Waals surface area contributed by atoms with Gasteiger partial charge in [0, 0.05) is 25.4 Å². The van der Waals surface area contributed by atoms with Gasteiger partial charge in [-0.3, -0.25) is 0 Å². The fraction of sp³-hybridized carbons (Fsp3) is 0.833. The van der Waals surface area contributed by atoms with Gasteiger partial charge in [-0.1, -0.05) is 25.2 Å². The maximum absolute atomic E-state index is 10.1. The molecule has 1 aliphatic rings. The molecule has 2 atom stereocenters. The number of anilines is 1. The van der Waals surface area contributed by atoms with Gasteiger partial charge in [-0.15, -0.1) is 10.2 Å². The average Bonchev–Trinajstić information content (AvgIpc) is 2.71. The van der Waals surface area contributed by atoms with Gasteiger partial charge in [0.15, 0.2) is 0 Å². The van der Waals surface area contributed by atoms with Crippen molar-refractivity contribution in [3.63, 3.8) is 0 Å². The van der Waals surface area contributed by atoms with E-state index in [4.69, 9.17) is 0 Å². The van der Waals surface area contributed by atoms with Gasteiger partial charge in [-0.2, -0.15) is 0 Å². The number of hydrogen-bond donors (Lipinski definition) is 1. The highest BCUT2D eigenvalue weighted by Crippen LogP contribution is 2.31. The first-order chi connectivity index (χ1) is 8.03. The molecule has 17 heavy (non-hydrogen) atoms. The summed E-state index contributed by atoms with van der Waals surface area (Å²) < 4.78 is 0. The van der Waals surface area contributed by atoms with Gasteiger partial charge in [-0.25, -0.2) is 0 Å². The lowest BCUT2D eigenvalue weighted by Gasteiger charge is -2.40. The Morgan fingerprint density at radius 2 is 2.29 bits per heavy atom. The second kappa shape index (κ2) is 4.90. The quantitative estimate of drug-likeness (QED) is 0.898. The van der Waals surface area contributed by atoms with Crippen molar-refractivity contribution in [2.24, 2.45) is 5.92 Å². The average molecular weight is 255 g/mol. The molecule has 96 valence electrons. The molecule has 0 amide bonds. The largest absolute Gasteiger partial charge is 0.390 e. The van der Waals surface area contributed by atoms with E-state index in [2.05, 4.69) is 28.9 Å². The van der Waals surface area contributed by atoms with E-state index in [-0.39, 0.29) is 5.92 Å². The van der Waals surface area contributed by atoms with E-state index in [0.29, 0.717) is 0 Å². The number of nitrogens with zero attached hydrogens (tertiary/aromatic N) is 3. The van der Waals surface area contributed by atoms with E-state index in [1.54, 1.807) is 11.3 Å². The van der Waals surface area contributed by atoms with E-state index in [1.165, 1.54) is 0 Å². The lowest BCUT2D eigenvalue weighted by molar-refractivity contribution is -0.00936. The van der Waals surface area contributed by atoms with Crippen molar-refractivity contribution in [2.45, 2.75) is 45.6 Å². The van der Waals surface area contributed by atoms with Crippen molar-refractivity contribution in [2.75, 3.05) is 18.0 Å². The van der Waals surface area contributed by atoms with Gasteiger partial charge in [0.2, 0.25) is 5.13 Å². The van der Waals surface area contributed by atoms with E-state index >= 15 is 0 Å². The molecule has 1 aromatic rings. The number of aromatic nitrogens is 2. The van der Waals surface area contributed by atoms with E-state index in [0.717, 1.165) is 42.5 Å².